The van der Waals surface area contributed by atoms with E-state index in [-0.39, 0.29) is 0 Å². The van der Waals surface area contributed by atoms with Crippen molar-refractivity contribution in [2.24, 2.45) is 0 Å². The molecule has 60 valence electrons. The summed E-state index contributed by atoms with van der Waals surface area (Å²) in [5.74, 6) is 0.661. The SMILES string of the molecule is C=CCOCC1=COC=CO1. The topological polar surface area (TPSA) is 27.7 Å². The minimum atomic E-state index is 0.413. The predicted octanol–water partition coefficient (Wildman–Crippen LogP) is 1.55. The van der Waals surface area contributed by atoms with E-state index in [0.29, 0.717) is 19.0 Å². The Morgan fingerprint density at radius 1 is 1.55 bits per heavy atom. The summed E-state index contributed by atoms with van der Waals surface area (Å²) in [5.41, 5.74) is 0. The molecule has 1 aliphatic rings. The molecule has 11 heavy (non-hydrogen) atoms. The van der Waals surface area contributed by atoms with Crippen LogP contribution in [0.3, 0.4) is 0 Å². The van der Waals surface area contributed by atoms with E-state index in [1.165, 1.54) is 18.8 Å². The Balaban J connectivity index is 2.15. The van der Waals surface area contributed by atoms with Crippen LogP contribution in [-0.2, 0) is 14.2 Å². The van der Waals surface area contributed by atoms with Crippen LogP contribution in [0.2, 0.25) is 0 Å². The van der Waals surface area contributed by atoms with E-state index >= 15 is 0 Å². The molecule has 1 heterocycles. The fourth-order valence-corrected chi connectivity index (χ4v) is 0.601. The lowest BCUT2D eigenvalue weighted by Gasteiger charge is -2.08. The van der Waals surface area contributed by atoms with Gasteiger partial charge in [0.15, 0.2) is 5.76 Å². The van der Waals surface area contributed by atoms with Crippen molar-refractivity contribution in [3.8, 4) is 0 Å². The van der Waals surface area contributed by atoms with Crippen LogP contribution in [0, 0.1) is 0 Å². The Kier molecular flexibility index (Phi) is 3.28. The Hall–Kier alpha value is -1.22. The highest BCUT2D eigenvalue weighted by atomic mass is 16.6. The van der Waals surface area contributed by atoms with Crippen molar-refractivity contribution >= 4 is 0 Å². The Morgan fingerprint density at radius 3 is 3.09 bits per heavy atom. The zero-order valence-corrected chi connectivity index (χ0v) is 6.16. The molecule has 0 aromatic heterocycles. The van der Waals surface area contributed by atoms with Crippen LogP contribution in [0.5, 0.6) is 0 Å². The van der Waals surface area contributed by atoms with E-state index in [9.17, 15) is 0 Å². The largest absolute Gasteiger partial charge is 0.466 e. The van der Waals surface area contributed by atoms with Crippen LogP contribution in [0.15, 0.2) is 37.2 Å². The quantitative estimate of drug-likeness (QED) is 0.454. The molecule has 0 saturated heterocycles. The molecule has 0 aromatic carbocycles. The molecule has 0 saturated carbocycles. The zero-order valence-electron chi connectivity index (χ0n) is 6.16. The molecule has 3 heteroatoms. The van der Waals surface area contributed by atoms with Gasteiger partial charge >= 0.3 is 0 Å². The number of ether oxygens (including phenoxy) is 3. The van der Waals surface area contributed by atoms with Gasteiger partial charge in [0.05, 0.1) is 6.61 Å². The van der Waals surface area contributed by atoms with Crippen LogP contribution < -0.4 is 0 Å². The normalized spacial score (nSPS) is 14.7. The second-order valence-electron chi connectivity index (χ2n) is 1.91. The van der Waals surface area contributed by atoms with Gasteiger partial charge in [-0.15, -0.1) is 6.58 Å². The van der Waals surface area contributed by atoms with E-state index in [1.807, 2.05) is 0 Å². The second-order valence-corrected chi connectivity index (χ2v) is 1.91. The fraction of sp³-hybridized carbons (Fsp3) is 0.250. The summed E-state index contributed by atoms with van der Waals surface area (Å²) in [6.45, 7) is 4.44. The van der Waals surface area contributed by atoms with Crippen molar-refractivity contribution in [1.29, 1.82) is 0 Å². The van der Waals surface area contributed by atoms with Gasteiger partial charge in [0.25, 0.3) is 0 Å². The highest BCUT2D eigenvalue weighted by molar-refractivity contribution is 4.94. The summed E-state index contributed by atoms with van der Waals surface area (Å²) >= 11 is 0. The van der Waals surface area contributed by atoms with Gasteiger partial charge in [-0.25, -0.2) is 0 Å². The smallest absolute Gasteiger partial charge is 0.164 e. The van der Waals surface area contributed by atoms with E-state index in [0.717, 1.165) is 0 Å². The molecule has 1 rings (SSSR count). The molecule has 0 bridgehead atoms. The van der Waals surface area contributed by atoms with Gasteiger partial charge in [0.1, 0.15) is 25.4 Å². The van der Waals surface area contributed by atoms with Crippen molar-refractivity contribution in [2.75, 3.05) is 13.2 Å². The minimum Gasteiger partial charge on any atom is -0.466 e. The summed E-state index contributed by atoms with van der Waals surface area (Å²) in [7, 11) is 0. The average molecular weight is 154 g/mol. The summed E-state index contributed by atoms with van der Waals surface area (Å²) in [5, 5.41) is 0. The number of hydrogen-bond donors (Lipinski definition) is 0. The zero-order chi connectivity index (χ0) is 7.94. The maximum atomic E-state index is 5.10. The van der Waals surface area contributed by atoms with Crippen molar-refractivity contribution in [3.05, 3.63) is 37.2 Å². The lowest BCUT2D eigenvalue weighted by molar-refractivity contribution is 0.131. The van der Waals surface area contributed by atoms with E-state index in [2.05, 4.69) is 6.58 Å². The Bertz CT molecular complexity index is 182. The third-order valence-corrected chi connectivity index (χ3v) is 1.03. The van der Waals surface area contributed by atoms with Gasteiger partial charge in [-0.1, -0.05) is 6.08 Å². The van der Waals surface area contributed by atoms with Crippen molar-refractivity contribution in [2.45, 2.75) is 0 Å². The van der Waals surface area contributed by atoms with E-state index in [4.69, 9.17) is 14.2 Å². The van der Waals surface area contributed by atoms with E-state index in [1.54, 1.807) is 6.08 Å². The molecule has 0 atom stereocenters. The van der Waals surface area contributed by atoms with Gasteiger partial charge < -0.3 is 14.2 Å². The van der Waals surface area contributed by atoms with Crippen molar-refractivity contribution in [1.82, 2.24) is 0 Å². The molecule has 0 aromatic rings. The highest BCUT2D eigenvalue weighted by Crippen LogP contribution is 2.04. The van der Waals surface area contributed by atoms with Gasteiger partial charge in [0.2, 0.25) is 0 Å². The maximum Gasteiger partial charge on any atom is 0.164 e. The summed E-state index contributed by atoms with van der Waals surface area (Å²) in [4.78, 5) is 0. The second kappa shape index (κ2) is 4.57. The molecular weight excluding hydrogens is 144 g/mol. The maximum absolute atomic E-state index is 5.10. The number of rotatable bonds is 4. The van der Waals surface area contributed by atoms with Crippen molar-refractivity contribution in [3.63, 3.8) is 0 Å². The standard InChI is InChI=1S/C8H10O3/c1-2-3-9-6-8-7-10-4-5-11-8/h2,4-5,7H,1,3,6H2. The predicted molar refractivity (Wildman–Crippen MR) is 40.4 cm³/mol. The fourth-order valence-electron chi connectivity index (χ4n) is 0.601. The van der Waals surface area contributed by atoms with Gasteiger partial charge in [0, 0.05) is 0 Å². The molecule has 0 unspecified atom stereocenters. The number of hydrogen-bond acceptors (Lipinski definition) is 3. The lowest BCUT2D eigenvalue weighted by Crippen LogP contribution is -2.02. The first kappa shape index (κ1) is 7.88. The third-order valence-electron chi connectivity index (χ3n) is 1.03. The molecule has 0 spiro atoms. The first-order valence-corrected chi connectivity index (χ1v) is 3.28. The van der Waals surface area contributed by atoms with E-state index < -0.39 is 0 Å². The summed E-state index contributed by atoms with van der Waals surface area (Å²) in [6, 6.07) is 0. The van der Waals surface area contributed by atoms with Gasteiger partial charge in [-0.3, -0.25) is 0 Å². The van der Waals surface area contributed by atoms with Gasteiger partial charge in [-0.05, 0) is 0 Å². The van der Waals surface area contributed by atoms with Crippen LogP contribution in [-0.4, -0.2) is 13.2 Å². The third kappa shape index (κ3) is 2.91. The molecule has 0 N–H and O–H groups in total. The molecule has 1 aliphatic heterocycles. The molecule has 0 fully saturated rings. The van der Waals surface area contributed by atoms with Gasteiger partial charge in [-0.2, -0.15) is 0 Å². The molecule has 3 nitrogen and oxygen atoms in total. The van der Waals surface area contributed by atoms with Crippen LogP contribution in [0.4, 0.5) is 0 Å². The first-order valence-electron chi connectivity index (χ1n) is 3.28. The summed E-state index contributed by atoms with van der Waals surface area (Å²) in [6.07, 6.45) is 6.10. The van der Waals surface area contributed by atoms with Crippen LogP contribution >= 0.6 is 0 Å². The Labute approximate surface area is 65.6 Å². The Morgan fingerprint density at radius 2 is 2.45 bits per heavy atom. The highest BCUT2D eigenvalue weighted by Gasteiger charge is 1.99. The molecule has 0 aliphatic carbocycles. The lowest BCUT2D eigenvalue weighted by atomic mass is 10.5. The monoisotopic (exact) mass is 154 g/mol. The molecule has 0 amide bonds. The van der Waals surface area contributed by atoms with Crippen LogP contribution in [0.25, 0.3) is 0 Å². The summed E-state index contributed by atoms with van der Waals surface area (Å²) < 4.78 is 15.0. The minimum absolute atomic E-state index is 0.413. The van der Waals surface area contributed by atoms with Crippen molar-refractivity contribution < 1.29 is 14.2 Å². The molecular formula is C8H10O3. The average Bonchev–Trinajstić information content (AvgIpc) is 2.07. The first-order chi connectivity index (χ1) is 5.43. The van der Waals surface area contributed by atoms with Crippen LogP contribution in [0.1, 0.15) is 0 Å². The molecule has 0 radical (unpaired) electrons.